The normalized spacial score (nSPS) is 21.7. The molecule has 0 saturated carbocycles. The molecule has 3 atom stereocenters. The molecular weight excluding hydrogens is 501 g/mol. The number of halogens is 1. The standard InChI is InChI=1S/C29H24FN5O2S/c30-23-7-9-24(10-8-23)35-27-15-22-11-13-34(38(37)25-5-3-4-20(14-25)17-31)19-29(22,16-21(27)18-33-35)28(36)26-6-1-2-12-32-26/h1-10,12,14,18,22H,11,13,15-16,19H2. The van der Waals surface area contributed by atoms with Crippen molar-refractivity contribution in [2.45, 2.75) is 24.2 Å². The van der Waals surface area contributed by atoms with Gasteiger partial charge in [-0.05, 0) is 79.3 Å². The molecule has 2 aromatic carbocycles. The molecule has 1 aliphatic heterocycles. The second-order valence-electron chi connectivity index (χ2n) is 9.82. The second kappa shape index (κ2) is 9.80. The summed E-state index contributed by atoms with van der Waals surface area (Å²) >= 11 is -1.53. The highest BCUT2D eigenvalue weighted by Gasteiger charge is 2.55. The summed E-state index contributed by atoms with van der Waals surface area (Å²) in [5.41, 5.74) is 2.74. The summed E-state index contributed by atoms with van der Waals surface area (Å²) < 4.78 is 30.9. The van der Waals surface area contributed by atoms with Gasteiger partial charge in [0, 0.05) is 24.5 Å². The van der Waals surface area contributed by atoms with Crippen LogP contribution in [0.25, 0.3) is 5.69 Å². The minimum atomic E-state index is -1.53. The molecule has 3 unspecified atom stereocenters. The number of rotatable bonds is 5. The van der Waals surface area contributed by atoms with Crippen molar-refractivity contribution in [1.29, 1.82) is 5.26 Å². The third-order valence-electron chi connectivity index (χ3n) is 7.69. The van der Waals surface area contributed by atoms with Crippen molar-refractivity contribution in [3.8, 4) is 11.8 Å². The number of carbonyl (C=O) groups is 1. The van der Waals surface area contributed by atoms with Crippen molar-refractivity contribution >= 4 is 17.1 Å². The molecule has 0 radical (unpaired) electrons. The first kappa shape index (κ1) is 24.5. The van der Waals surface area contributed by atoms with Gasteiger partial charge in [0.05, 0.1) is 46.8 Å². The van der Waals surface area contributed by atoms with Crippen LogP contribution in [0.4, 0.5) is 4.39 Å². The molecule has 3 heterocycles. The first-order valence-electron chi connectivity index (χ1n) is 12.4. The maximum Gasteiger partial charge on any atom is 0.189 e. The van der Waals surface area contributed by atoms with Crippen molar-refractivity contribution in [3.05, 3.63) is 107 Å². The van der Waals surface area contributed by atoms with E-state index < -0.39 is 16.8 Å². The van der Waals surface area contributed by atoms with Crippen LogP contribution in [0.15, 0.2) is 84.0 Å². The van der Waals surface area contributed by atoms with Crippen molar-refractivity contribution < 1.29 is 13.7 Å². The van der Waals surface area contributed by atoms with Gasteiger partial charge in [-0.1, -0.05) is 12.1 Å². The quantitative estimate of drug-likeness (QED) is 0.285. The number of piperidine rings is 1. The SMILES string of the molecule is N#Cc1cccc([S+]([O-])N2CCC3Cc4c(cnn4-c4ccc(F)cc4)CC3(C(=O)c3ccccn3)C2)c1. The highest BCUT2D eigenvalue weighted by atomic mass is 32.2. The van der Waals surface area contributed by atoms with Crippen molar-refractivity contribution in [1.82, 2.24) is 19.1 Å². The highest BCUT2D eigenvalue weighted by Crippen LogP contribution is 2.48. The molecule has 190 valence electrons. The van der Waals surface area contributed by atoms with E-state index in [2.05, 4.69) is 16.2 Å². The predicted molar refractivity (Wildman–Crippen MR) is 139 cm³/mol. The third-order valence-corrected chi connectivity index (χ3v) is 9.13. The summed E-state index contributed by atoms with van der Waals surface area (Å²) in [4.78, 5) is 19.1. The number of Topliss-reactive ketones (excluding diaryl/α,β-unsaturated/α-hetero) is 1. The minimum Gasteiger partial charge on any atom is -0.593 e. The highest BCUT2D eigenvalue weighted by molar-refractivity contribution is 7.89. The largest absolute Gasteiger partial charge is 0.593 e. The van der Waals surface area contributed by atoms with E-state index in [1.54, 1.807) is 67.0 Å². The van der Waals surface area contributed by atoms with Crippen molar-refractivity contribution in [2.24, 2.45) is 11.3 Å². The Morgan fingerprint density at radius 1 is 1.16 bits per heavy atom. The molecule has 2 aliphatic rings. The fourth-order valence-corrected chi connectivity index (χ4v) is 7.14. The lowest BCUT2D eigenvalue weighted by Gasteiger charge is -2.48. The number of carbonyl (C=O) groups excluding carboxylic acids is 1. The van der Waals surface area contributed by atoms with Gasteiger partial charge in [-0.15, -0.1) is 4.31 Å². The lowest BCUT2D eigenvalue weighted by Crippen LogP contribution is -2.57. The van der Waals surface area contributed by atoms with Crippen LogP contribution in [0.1, 0.15) is 33.7 Å². The first-order chi connectivity index (χ1) is 18.5. The van der Waals surface area contributed by atoms with Gasteiger partial charge in [-0.2, -0.15) is 10.4 Å². The number of hydrogen-bond acceptors (Lipinski definition) is 6. The number of aromatic nitrogens is 3. The van der Waals surface area contributed by atoms with Crippen LogP contribution in [-0.4, -0.2) is 42.5 Å². The van der Waals surface area contributed by atoms with Crippen molar-refractivity contribution in [3.63, 3.8) is 0 Å². The summed E-state index contributed by atoms with van der Waals surface area (Å²) in [5, 5.41) is 13.9. The zero-order valence-electron chi connectivity index (χ0n) is 20.5. The van der Waals surface area contributed by atoms with Gasteiger partial charge in [0.15, 0.2) is 10.7 Å². The molecule has 0 N–H and O–H groups in total. The maximum atomic E-state index is 14.2. The zero-order chi connectivity index (χ0) is 26.3. The minimum absolute atomic E-state index is 0.0147. The van der Waals surface area contributed by atoms with Crippen LogP contribution in [0.2, 0.25) is 0 Å². The van der Waals surface area contributed by atoms with E-state index in [9.17, 15) is 19.0 Å². The number of hydrogen-bond donors (Lipinski definition) is 0. The average Bonchev–Trinajstić information content (AvgIpc) is 3.37. The van der Waals surface area contributed by atoms with Crippen molar-refractivity contribution in [2.75, 3.05) is 13.1 Å². The Morgan fingerprint density at radius 2 is 2.00 bits per heavy atom. The molecule has 0 bridgehead atoms. The fraction of sp³-hybridized carbons (Fsp3) is 0.241. The molecule has 7 nitrogen and oxygen atoms in total. The van der Waals surface area contributed by atoms with Crippen LogP contribution in [-0.2, 0) is 24.2 Å². The molecular formula is C29H24FN5O2S. The Labute approximate surface area is 222 Å². The van der Waals surface area contributed by atoms with Gasteiger partial charge in [0.1, 0.15) is 11.5 Å². The smallest absolute Gasteiger partial charge is 0.189 e. The molecule has 2 aromatic heterocycles. The Bertz CT molecular complexity index is 1530. The Kier molecular flexibility index (Phi) is 6.32. The van der Waals surface area contributed by atoms with Gasteiger partial charge < -0.3 is 4.55 Å². The maximum absolute atomic E-state index is 14.2. The average molecular weight is 526 g/mol. The molecule has 9 heteroatoms. The van der Waals surface area contributed by atoms with Crippen LogP contribution in [0.5, 0.6) is 0 Å². The van der Waals surface area contributed by atoms with Gasteiger partial charge >= 0.3 is 0 Å². The van der Waals surface area contributed by atoms with E-state index in [0.717, 1.165) is 16.9 Å². The van der Waals surface area contributed by atoms with Gasteiger partial charge in [0.25, 0.3) is 0 Å². The van der Waals surface area contributed by atoms with Gasteiger partial charge in [-0.25, -0.2) is 9.07 Å². The number of benzene rings is 2. The van der Waals surface area contributed by atoms with E-state index in [0.29, 0.717) is 48.5 Å². The molecule has 1 fully saturated rings. The Balaban J connectivity index is 1.39. The second-order valence-corrected chi connectivity index (χ2v) is 11.3. The van der Waals surface area contributed by atoms with Crippen LogP contribution in [0.3, 0.4) is 0 Å². The van der Waals surface area contributed by atoms with E-state index in [1.165, 1.54) is 12.1 Å². The van der Waals surface area contributed by atoms with E-state index in [1.807, 2.05) is 8.99 Å². The summed E-state index contributed by atoms with van der Waals surface area (Å²) in [6.07, 6.45) is 5.13. The number of nitrogens with zero attached hydrogens (tertiary/aromatic N) is 5. The van der Waals surface area contributed by atoms with Crippen LogP contribution in [0, 0.1) is 28.5 Å². The van der Waals surface area contributed by atoms with E-state index >= 15 is 0 Å². The van der Waals surface area contributed by atoms with Gasteiger partial charge in [-0.3, -0.25) is 9.78 Å². The van der Waals surface area contributed by atoms with Crippen LogP contribution >= 0.6 is 0 Å². The topological polar surface area (TPSA) is 97.9 Å². The molecule has 6 rings (SSSR count). The summed E-state index contributed by atoms with van der Waals surface area (Å²) in [6.45, 7) is 0.850. The third kappa shape index (κ3) is 4.21. The number of nitriles is 1. The summed E-state index contributed by atoms with van der Waals surface area (Å²) in [5.74, 6) is -0.384. The summed E-state index contributed by atoms with van der Waals surface area (Å²) in [7, 11) is 0. The number of fused-ring (bicyclic) bond motifs is 2. The van der Waals surface area contributed by atoms with E-state index in [-0.39, 0.29) is 17.5 Å². The molecule has 38 heavy (non-hydrogen) atoms. The number of pyridine rings is 1. The fourth-order valence-electron chi connectivity index (χ4n) is 5.80. The Morgan fingerprint density at radius 3 is 2.76 bits per heavy atom. The molecule has 0 amide bonds. The molecule has 1 aliphatic carbocycles. The first-order valence-corrected chi connectivity index (χ1v) is 13.5. The van der Waals surface area contributed by atoms with Crippen LogP contribution < -0.4 is 0 Å². The Hall–Kier alpha value is -3.84. The molecule has 4 aromatic rings. The van der Waals surface area contributed by atoms with Gasteiger partial charge in [0.2, 0.25) is 0 Å². The summed E-state index contributed by atoms with van der Waals surface area (Å²) in [6, 6.07) is 20.4. The lowest BCUT2D eigenvalue weighted by atomic mass is 9.60. The lowest BCUT2D eigenvalue weighted by molar-refractivity contribution is 0.0394. The molecule has 1 saturated heterocycles. The predicted octanol–water partition coefficient (Wildman–Crippen LogP) is 4.29. The van der Waals surface area contributed by atoms with E-state index in [4.69, 9.17) is 0 Å². The number of ketones is 1. The zero-order valence-corrected chi connectivity index (χ0v) is 21.3. The molecule has 0 spiro atoms. The monoisotopic (exact) mass is 525 g/mol.